The van der Waals surface area contributed by atoms with Gasteiger partial charge in [0.25, 0.3) is 0 Å². The second-order valence-electron chi connectivity index (χ2n) is 7.08. The maximum absolute atomic E-state index is 13.1. The summed E-state index contributed by atoms with van der Waals surface area (Å²) in [6.07, 6.45) is 3.10. The minimum Gasteiger partial charge on any atom is -0.493 e. The van der Waals surface area contributed by atoms with Gasteiger partial charge in [-0.1, -0.05) is 30.3 Å². The van der Waals surface area contributed by atoms with Gasteiger partial charge in [-0.25, -0.2) is 8.42 Å². The number of nitrogens with zero attached hydrogens (tertiary/aromatic N) is 4. The van der Waals surface area contributed by atoms with E-state index in [1.165, 1.54) is 24.6 Å². The maximum atomic E-state index is 13.1. The molecule has 0 amide bonds. The number of rotatable bonds is 6. The molecule has 3 aromatic rings. The van der Waals surface area contributed by atoms with E-state index in [-0.39, 0.29) is 10.9 Å². The number of benzene rings is 2. The Morgan fingerprint density at radius 1 is 0.967 bits per heavy atom. The van der Waals surface area contributed by atoms with Gasteiger partial charge in [-0.2, -0.15) is 4.31 Å². The molecule has 158 valence electrons. The predicted molar refractivity (Wildman–Crippen MR) is 112 cm³/mol. The van der Waals surface area contributed by atoms with Crippen molar-refractivity contribution in [2.24, 2.45) is 0 Å². The molecule has 0 aliphatic carbocycles. The molecule has 1 fully saturated rings. The molecule has 2 aromatic carbocycles. The number of piperidine rings is 1. The van der Waals surface area contributed by atoms with Crippen LogP contribution in [0.5, 0.6) is 11.5 Å². The molecular formula is C21H24N4O4S. The van der Waals surface area contributed by atoms with Crippen LogP contribution in [0.15, 0.2) is 59.8 Å². The fourth-order valence-corrected chi connectivity index (χ4v) is 5.28. The van der Waals surface area contributed by atoms with Crippen LogP contribution in [0, 0.1) is 0 Å². The largest absolute Gasteiger partial charge is 0.493 e. The van der Waals surface area contributed by atoms with Crippen LogP contribution < -0.4 is 9.47 Å². The van der Waals surface area contributed by atoms with Crippen molar-refractivity contribution in [3.63, 3.8) is 0 Å². The first-order valence-electron chi connectivity index (χ1n) is 9.71. The lowest BCUT2D eigenvalue weighted by atomic mass is 10.1. The second kappa shape index (κ2) is 8.45. The third kappa shape index (κ3) is 3.78. The van der Waals surface area contributed by atoms with E-state index in [0.717, 1.165) is 11.4 Å². The van der Waals surface area contributed by atoms with Crippen LogP contribution in [0.25, 0.3) is 11.4 Å². The molecule has 1 aliphatic rings. The molecule has 9 heteroatoms. The van der Waals surface area contributed by atoms with E-state index in [9.17, 15) is 8.42 Å². The Morgan fingerprint density at radius 2 is 1.67 bits per heavy atom. The summed E-state index contributed by atoms with van der Waals surface area (Å²) in [5.74, 6) is 1.69. The van der Waals surface area contributed by atoms with E-state index < -0.39 is 10.0 Å². The van der Waals surface area contributed by atoms with E-state index in [2.05, 4.69) is 14.8 Å². The highest BCUT2D eigenvalue weighted by molar-refractivity contribution is 7.89. The molecule has 0 atom stereocenters. The van der Waals surface area contributed by atoms with Crippen LogP contribution in [0.1, 0.15) is 18.9 Å². The minimum atomic E-state index is -3.62. The molecule has 4 rings (SSSR count). The van der Waals surface area contributed by atoms with E-state index >= 15 is 0 Å². The Labute approximate surface area is 176 Å². The number of hydrogen-bond donors (Lipinski definition) is 0. The van der Waals surface area contributed by atoms with Gasteiger partial charge in [0, 0.05) is 30.8 Å². The summed E-state index contributed by atoms with van der Waals surface area (Å²) in [6.45, 7) is 0.849. The highest BCUT2D eigenvalue weighted by Crippen LogP contribution is 2.33. The van der Waals surface area contributed by atoms with Gasteiger partial charge < -0.3 is 14.0 Å². The van der Waals surface area contributed by atoms with Gasteiger partial charge in [-0.15, -0.1) is 10.2 Å². The fourth-order valence-electron chi connectivity index (χ4n) is 3.79. The standard InChI is InChI=1S/C21H24N4O4S/c1-28-19-9-8-18(14-20(19)29-2)30(26,27)24-12-10-17(11-13-24)25-15-22-23-21(25)16-6-4-3-5-7-16/h3-9,14-15,17H,10-13H2,1-2H3. The number of ether oxygens (including phenoxy) is 2. The molecule has 2 heterocycles. The third-order valence-corrected chi connectivity index (χ3v) is 7.31. The van der Waals surface area contributed by atoms with Crippen molar-refractivity contribution in [3.05, 3.63) is 54.9 Å². The van der Waals surface area contributed by atoms with Crippen molar-refractivity contribution in [1.29, 1.82) is 0 Å². The summed E-state index contributed by atoms with van der Waals surface area (Å²) in [5.41, 5.74) is 0.996. The molecule has 0 saturated carbocycles. The van der Waals surface area contributed by atoms with E-state index in [1.807, 2.05) is 30.3 Å². The Bertz CT molecular complexity index is 1110. The zero-order chi connectivity index (χ0) is 21.1. The van der Waals surface area contributed by atoms with Gasteiger partial charge in [0.15, 0.2) is 17.3 Å². The predicted octanol–water partition coefficient (Wildman–Crippen LogP) is 2.99. The maximum Gasteiger partial charge on any atom is 0.243 e. The summed E-state index contributed by atoms with van der Waals surface area (Å²) in [5, 5.41) is 8.35. The van der Waals surface area contributed by atoms with Gasteiger partial charge in [0.2, 0.25) is 10.0 Å². The second-order valence-corrected chi connectivity index (χ2v) is 9.02. The van der Waals surface area contributed by atoms with Crippen LogP contribution in [0.2, 0.25) is 0 Å². The Balaban J connectivity index is 1.51. The first kappa shape index (κ1) is 20.4. The molecule has 30 heavy (non-hydrogen) atoms. The molecule has 1 aliphatic heterocycles. The monoisotopic (exact) mass is 428 g/mol. The lowest BCUT2D eigenvalue weighted by molar-refractivity contribution is 0.274. The smallest absolute Gasteiger partial charge is 0.243 e. The lowest BCUT2D eigenvalue weighted by Gasteiger charge is -2.32. The summed E-state index contributed by atoms with van der Waals surface area (Å²) >= 11 is 0. The summed E-state index contributed by atoms with van der Waals surface area (Å²) < 4.78 is 40.3. The van der Waals surface area contributed by atoms with Gasteiger partial charge >= 0.3 is 0 Å². The average Bonchev–Trinajstić information content (AvgIpc) is 3.29. The first-order valence-corrected chi connectivity index (χ1v) is 11.2. The summed E-state index contributed by atoms with van der Waals surface area (Å²) in [6, 6.07) is 14.7. The van der Waals surface area contributed by atoms with Crippen molar-refractivity contribution < 1.29 is 17.9 Å². The highest BCUT2D eigenvalue weighted by Gasteiger charge is 2.31. The molecule has 8 nitrogen and oxygen atoms in total. The topological polar surface area (TPSA) is 86.6 Å². The average molecular weight is 429 g/mol. The normalized spacial score (nSPS) is 15.8. The van der Waals surface area contributed by atoms with Gasteiger partial charge in [-0.3, -0.25) is 0 Å². The molecular weight excluding hydrogens is 404 g/mol. The number of sulfonamides is 1. The minimum absolute atomic E-state index is 0.145. The Morgan fingerprint density at radius 3 is 2.33 bits per heavy atom. The highest BCUT2D eigenvalue weighted by atomic mass is 32.2. The summed E-state index contributed by atoms with van der Waals surface area (Å²) in [7, 11) is -0.608. The van der Waals surface area contributed by atoms with Gasteiger partial charge in [0.1, 0.15) is 6.33 Å². The molecule has 1 aromatic heterocycles. The number of hydrogen-bond acceptors (Lipinski definition) is 6. The molecule has 0 radical (unpaired) electrons. The molecule has 0 bridgehead atoms. The number of aromatic nitrogens is 3. The van der Waals surface area contributed by atoms with Gasteiger partial charge in [-0.05, 0) is 25.0 Å². The third-order valence-electron chi connectivity index (χ3n) is 5.41. The Kier molecular flexibility index (Phi) is 5.74. The fraction of sp³-hybridized carbons (Fsp3) is 0.333. The lowest BCUT2D eigenvalue weighted by Crippen LogP contribution is -2.39. The van der Waals surface area contributed by atoms with Crippen molar-refractivity contribution in [2.45, 2.75) is 23.8 Å². The van der Waals surface area contributed by atoms with E-state index in [4.69, 9.17) is 9.47 Å². The van der Waals surface area contributed by atoms with Crippen LogP contribution in [0.4, 0.5) is 0 Å². The zero-order valence-electron chi connectivity index (χ0n) is 16.9. The molecule has 0 spiro atoms. The number of methoxy groups -OCH3 is 2. The quantitative estimate of drug-likeness (QED) is 0.600. The SMILES string of the molecule is COc1ccc(S(=O)(=O)N2CCC(n3cnnc3-c3ccccc3)CC2)cc1OC. The van der Waals surface area contributed by atoms with Crippen LogP contribution >= 0.6 is 0 Å². The molecule has 0 unspecified atom stereocenters. The van der Waals surface area contributed by atoms with Crippen molar-refractivity contribution >= 4 is 10.0 Å². The van der Waals surface area contributed by atoms with Crippen molar-refractivity contribution in [1.82, 2.24) is 19.1 Å². The van der Waals surface area contributed by atoms with Crippen molar-refractivity contribution in [2.75, 3.05) is 27.3 Å². The van der Waals surface area contributed by atoms with Crippen LogP contribution in [-0.2, 0) is 10.0 Å². The van der Waals surface area contributed by atoms with Gasteiger partial charge in [0.05, 0.1) is 19.1 Å². The van der Waals surface area contributed by atoms with E-state index in [1.54, 1.807) is 18.5 Å². The summed E-state index contributed by atoms with van der Waals surface area (Å²) in [4.78, 5) is 0.202. The first-order chi connectivity index (χ1) is 14.5. The molecule has 0 N–H and O–H groups in total. The zero-order valence-corrected chi connectivity index (χ0v) is 17.7. The van der Waals surface area contributed by atoms with Crippen LogP contribution in [0.3, 0.4) is 0 Å². The van der Waals surface area contributed by atoms with Crippen LogP contribution in [-0.4, -0.2) is 54.8 Å². The Hall–Kier alpha value is -2.91. The van der Waals surface area contributed by atoms with Crippen molar-refractivity contribution in [3.8, 4) is 22.9 Å². The molecule has 1 saturated heterocycles. The van der Waals surface area contributed by atoms with E-state index in [0.29, 0.717) is 37.4 Å².